The number of rotatable bonds is 3. The van der Waals surface area contributed by atoms with E-state index in [1.54, 1.807) is 18.2 Å². The normalized spacial score (nSPS) is 14.3. The summed E-state index contributed by atoms with van der Waals surface area (Å²) >= 11 is 0. The maximum absolute atomic E-state index is 11.8. The molecule has 3 N–H and O–H groups in total. The van der Waals surface area contributed by atoms with Crippen molar-refractivity contribution >= 4 is 17.3 Å². The number of nitrogen functional groups attached to an aromatic ring is 1. The van der Waals surface area contributed by atoms with E-state index in [1.807, 2.05) is 11.0 Å². The molecule has 1 fully saturated rings. The molecule has 0 aromatic heterocycles. The highest BCUT2D eigenvalue weighted by molar-refractivity contribution is 5.82. The fraction of sp³-hybridized carbons (Fsp3) is 0.385. The molecule has 18 heavy (non-hydrogen) atoms. The average Bonchev–Trinajstić information content (AvgIpc) is 2.90. The lowest BCUT2D eigenvalue weighted by Gasteiger charge is -2.16. The number of nitrogens with two attached hydrogens (primary N) is 1. The lowest BCUT2D eigenvalue weighted by molar-refractivity contribution is -0.128. The number of nitriles is 1. The molecule has 0 radical (unpaired) electrons. The van der Waals surface area contributed by atoms with Crippen LogP contribution in [0.2, 0.25) is 0 Å². The van der Waals surface area contributed by atoms with Gasteiger partial charge in [0.05, 0.1) is 29.6 Å². The minimum Gasteiger partial charge on any atom is -0.397 e. The first-order chi connectivity index (χ1) is 8.70. The van der Waals surface area contributed by atoms with E-state index in [1.165, 1.54) is 0 Å². The van der Waals surface area contributed by atoms with E-state index in [0.717, 1.165) is 25.9 Å². The van der Waals surface area contributed by atoms with Gasteiger partial charge < -0.3 is 16.0 Å². The highest BCUT2D eigenvalue weighted by Gasteiger charge is 2.17. The lowest BCUT2D eigenvalue weighted by Crippen LogP contribution is -2.33. The Morgan fingerprint density at radius 3 is 2.78 bits per heavy atom. The molecule has 0 spiro atoms. The maximum atomic E-state index is 11.8. The average molecular weight is 244 g/mol. The number of hydrogen-bond acceptors (Lipinski definition) is 4. The standard InChI is InChI=1S/C13H16N4O/c14-8-10-3-4-12(11(15)7-10)16-9-13(18)17-5-1-2-6-17/h3-4,7,16H,1-2,5-6,9,15H2. The summed E-state index contributed by atoms with van der Waals surface area (Å²) in [5.74, 6) is 0.0938. The molecular formula is C13H16N4O. The molecule has 0 atom stereocenters. The third kappa shape index (κ3) is 2.72. The highest BCUT2D eigenvalue weighted by Crippen LogP contribution is 2.19. The Bertz CT molecular complexity index is 486. The number of carbonyl (C=O) groups is 1. The summed E-state index contributed by atoms with van der Waals surface area (Å²) in [5, 5.41) is 11.7. The van der Waals surface area contributed by atoms with E-state index in [-0.39, 0.29) is 12.5 Å². The van der Waals surface area contributed by atoms with Crippen molar-refractivity contribution in [1.82, 2.24) is 4.90 Å². The van der Waals surface area contributed by atoms with Crippen LogP contribution in [-0.4, -0.2) is 30.4 Å². The number of amides is 1. The number of hydrogen-bond donors (Lipinski definition) is 2. The zero-order chi connectivity index (χ0) is 13.0. The SMILES string of the molecule is N#Cc1ccc(NCC(=O)N2CCCC2)c(N)c1. The van der Waals surface area contributed by atoms with Gasteiger partial charge in [-0.2, -0.15) is 5.26 Å². The molecule has 1 aliphatic rings. The molecular weight excluding hydrogens is 228 g/mol. The van der Waals surface area contributed by atoms with Crippen LogP contribution in [0.4, 0.5) is 11.4 Å². The van der Waals surface area contributed by atoms with Crippen molar-refractivity contribution < 1.29 is 4.79 Å². The van der Waals surface area contributed by atoms with Crippen molar-refractivity contribution in [3.63, 3.8) is 0 Å². The monoisotopic (exact) mass is 244 g/mol. The van der Waals surface area contributed by atoms with E-state index in [2.05, 4.69) is 5.32 Å². The van der Waals surface area contributed by atoms with Gasteiger partial charge in [-0.25, -0.2) is 0 Å². The molecule has 1 aliphatic heterocycles. The van der Waals surface area contributed by atoms with E-state index >= 15 is 0 Å². The van der Waals surface area contributed by atoms with Gasteiger partial charge in [0.15, 0.2) is 0 Å². The third-order valence-corrected chi connectivity index (χ3v) is 3.07. The molecule has 0 saturated carbocycles. The van der Waals surface area contributed by atoms with Crippen LogP contribution in [0.15, 0.2) is 18.2 Å². The Morgan fingerprint density at radius 2 is 2.17 bits per heavy atom. The Balaban J connectivity index is 1.94. The number of anilines is 2. The van der Waals surface area contributed by atoms with Gasteiger partial charge in [-0.3, -0.25) is 4.79 Å². The first-order valence-corrected chi connectivity index (χ1v) is 6.02. The van der Waals surface area contributed by atoms with Crippen LogP contribution in [-0.2, 0) is 4.79 Å². The van der Waals surface area contributed by atoms with Crippen molar-refractivity contribution in [1.29, 1.82) is 5.26 Å². The fourth-order valence-corrected chi connectivity index (χ4v) is 2.04. The molecule has 0 unspecified atom stereocenters. The van der Waals surface area contributed by atoms with E-state index in [9.17, 15) is 4.79 Å². The van der Waals surface area contributed by atoms with Crippen LogP contribution in [0.3, 0.4) is 0 Å². The lowest BCUT2D eigenvalue weighted by atomic mass is 10.2. The first-order valence-electron chi connectivity index (χ1n) is 6.02. The minimum atomic E-state index is 0.0938. The topological polar surface area (TPSA) is 82.2 Å². The Morgan fingerprint density at radius 1 is 1.44 bits per heavy atom. The molecule has 94 valence electrons. The van der Waals surface area contributed by atoms with Crippen molar-refractivity contribution in [2.75, 3.05) is 30.7 Å². The smallest absolute Gasteiger partial charge is 0.241 e. The van der Waals surface area contributed by atoms with Gasteiger partial charge in [0, 0.05) is 13.1 Å². The van der Waals surface area contributed by atoms with Gasteiger partial charge in [0.2, 0.25) is 5.91 Å². The second kappa shape index (κ2) is 5.41. The van der Waals surface area contributed by atoms with Gasteiger partial charge in [-0.15, -0.1) is 0 Å². The molecule has 1 heterocycles. The van der Waals surface area contributed by atoms with Gasteiger partial charge in [0.1, 0.15) is 0 Å². The van der Waals surface area contributed by atoms with Gasteiger partial charge >= 0.3 is 0 Å². The van der Waals surface area contributed by atoms with Crippen molar-refractivity contribution in [2.24, 2.45) is 0 Å². The molecule has 1 aromatic rings. The number of benzene rings is 1. The van der Waals surface area contributed by atoms with Crippen LogP contribution >= 0.6 is 0 Å². The number of likely N-dealkylation sites (tertiary alicyclic amines) is 1. The molecule has 1 aromatic carbocycles. The van der Waals surface area contributed by atoms with Crippen molar-refractivity contribution in [3.8, 4) is 6.07 Å². The van der Waals surface area contributed by atoms with Gasteiger partial charge in [0.25, 0.3) is 0 Å². The summed E-state index contributed by atoms with van der Waals surface area (Å²) in [6, 6.07) is 7.03. The molecule has 0 bridgehead atoms. The summed E-state index contributed by atoms with van der Waals surface area (Å²) in [7, 11) is 0. The molecule has 1 amide bonds. The maximum Gasteiger partial charge on any atom is 0.241 e. The van der Waals surface area contributed by atoms with Crippen LogP contribution in [0, 0.1) is 11.3 Å². The molecule has 2 rings (SSSR count). The number of nitrogens with zero attached hydrogens (tertiary/aromatic N) is 2. The van der Waals surface area contributed by atoms with Crippen LogP contribution < -0.4 is 11.1 Å². The highest BCUT2D eigenvalue weighted by atomic mass is 16.2. The molecule has 0 aliphatic carbocycles. The quantitative estimate of drug-likeness (QED) is 0.782. The molecule has 5 heteroatoms. The summed E-state index contributed by atoms with van der Waals surface area (Å²) in [6.07, 6.45) is 2.18. The summed E-state index contributed by atoms with van der Waals surface area (Å²) in [6.45, 7) is 1.95. The number of carbonyl (C=O) groups excluding carboxylic acids is 1. The largest absolute Gasteiger partial charge is 0.397 e. The van der Waals surface area contributed by atoms with Crippen LogP contribution in [0.1, 0.15) is 18.4 Å². The summed E-state index contributed by atoms with van der Waals surface area (Å²) in [4.78, 5) is 13.7. The van der Waals surface area contributed by atoms with Gasteiger partial charge in [-0.1, -0.05) is 0 Å². The van der Waals surface area contributed by atoms with Crippen molar-refractivity contribution in [2.45, 2.75) is 12.8 Å². The van der Waals surface area contributed by atoms with E-state index in [4.69, 9.17) is 11.0 Å². The summed E-state index contributed by atoms with van der Waals surface area (Å²) in [5.41, 5.74) is 7.50. The Hall–Kier alpha value is -2.22. The second-order valence-corrected chi connectivity index (χ2v) is 4.36. The Kier molecular flexibility index (Phi) is 3.68. The van der Waals surface area contributed by atoms with E-state index in [0.29, 0.717) is 16.9 Å². The fourth-order valence-electron chi connectivity index (χ4n) is 2.04. The minimum absolute atomic E-state index is 0.0938. The predicted molar refractivity (Wildman–Crippen MR) is 69.9 cm³/mol. The van der Waals surface area contributed by atoms with Crippen LogP contribution in [0.25, 0.3) is 0 Å². The van der Waals surface area contributed by atoms with E-state index < -0.39 is 0 Å². The number of nitrogens with one attached hydrogen (secondary N) is 1. The second-order valence-electron chi connectivity index (χ2n) is 4.36. The molecule has 1 saturated heterocycles. The molecule has 5 nitrogen and oxygen atoms in total. The Labute approximate surface area is 106 Å². The van der Waals surface area contributed by atoms with Crippen LogP contribution in [0.5, 0.6) is 0 Å². The zero-order valence-corrected chi connectivity index (χ0v) is 10.1. The van der Waals surface area contributed by atoms with Gasteiger partial charge in [-0.05, 0) is 31.0 Å². The first kappa shape index (κ1) is 12.2. The third-order valence-electron chi connectivity index (χ3n) is 3.07. The zero-order valence-electron chi connectivity index (χ0n) is 10.1. The van der Waals surface area contributed by atoms with Crippen molar-refractivity contribution in [3.05, 3.63) is 23.8 Å². The predicted octanol–water partition coefficient (Wildman–Crippen LogP) is 1.17. The summed E-state index contributed by atoms with van der Waals surface area (Å²) < 4.78 is 0.